The third-order valence-corrected chi connectivity index (χ3v) is 4.20. The number of rotatable bonds is 4. The Kier molecular flexibility index (Phi) is 4.25. The normalized spacial score (nSPS) is 11.0. The highest BCUT2D eigenvalue weighted by Crippen LogP contribution is 2.21. The quantitative estimate of drug-likeness (QED) is 0.724. The van der Waals surface area contributed by atoms with Crippen LogP contribution in [0, 0.1) is 13.8 Å². The number of hydrogen-bond donors (Lipinski definition) is 2. The Bertz CT molecular complexity index is 911. The minimum absolute atomic E-state index is 0.120. The number of fused-ring (bicyclic) bond motifs is 1. The zero-order valence-electron chi connectivity index (χ0n) is 14.3. The standard InChI is InChI=1S/C19H22N4O/c1-12-8-9-23-13(2)17(22-19(23)10-12)6-4-15-5-7-18(16(20)11-15)21-14(3)24/h5,7-11H,4,6,20H2,1-3H3,(H,21,24). The zero-order chi connectivity index (χ0) is 17.3. The lowest BCUT2D eigenvalue weighted by Crippen LogP contribution is -2.08. The predicted molar refractivity (Wildman–Crippen MR) is 97.2 cm³/mol. The van der Waals surface area contributed by atoms with Crippen LogP contribution >= 0.6 is 0 Å². The SMILES string of the molecule is CC(=O)Nc1ccc(CCc2nc3cc(C)ccn3c2C)cc1N. The summed E-state index contributed by atoms with van der Waals surface area (Å²) in [6.45, 7) is 5.64. The third-order valence-electron chi connectivity index (χ3n) is 4.20. The van der Waals surface area contributed by atoms with Gasteiger partial charge in [0.15, 0.2) is 0 Å². The molecule has 1 amide bonds. The van der Waals surface area contributed by atoms with Crippen LogP contribution < -0.4 is 11.1 Å². The molecule has 2 aromatic heterocycles. The first-order valence-electron chi connectivity index (χ1n) is 8.04. The van der Waals surface area contributed by atoms with E-state index >= 15 is 0 Å². The molecule has 0 atom stereocenters. The molecule has 0 aliphatic heterocycles. The number of nitrogen functional groups attached to an aromatic ring is 1. The zero-order valence-corrected chi connectivity index (χ0v) is 14.3. The lowest BCUT2D eigenvalue weighted by molar-refractivity contribution is -0.114. The van der Waals surface area contributed by atoms with E-state index in [4.69, 9.17) is 10.7 Å². The summed E-state index contributed by atoms with van der Waals surface area (Å²) in [5.41, 5.74) is 12.9. The molecule has 3 rings (SSSR count). The van der Waals surface area contributed by atoms with E-state index in [1.165, 1.54) is 18.2 Å². The van der Waals surface area contributed by atoms with Crippen LogP contribution in [0.15, 0.2) is 36.5 Å². The van der Waals surface area contributed by atoms with E-state index in [0.29, 0.717) is 11.4 Å². The van der Waals surface area contributed by atoms with Gasteiger partial charge < -0.3 is 15.5 Å². The second-order valence-electron chi connectivity index (χ2n) is 6.18. The number of nitrogens with two attached hydrogens (primary N) is 1. The number of carbonyl (C=O) groups is 1. The van der Waals surface area contributed by atoms with Gasteiger partial charge in [-0.25, -0.2) is 4.98 Å². The fourth-order valence-electron chi connectivity index (χ4n) is 2.89. The molecule has 0 spiro atoms. The molecule has 24 heavy (non-hydrogen) atoms. The van der Waals surface area contributed by atoms with E-state index in [1.807, 2.05) is 18.2 Å². The van der Waals surface area contributed by atoms with Crippen LogP contribution in [0.4, 0.5) is 11.4 Å². The smallest absolute Gasteiger partial charge is 0.221 e. The summed E-state index contributed by atoms with van der Waals surface area (Å²) in [7, 11) is 0. The Labute approximate surface area is 141 Å². The maximum atomic E-state index is 11.1. The highest BCUT2D eigenvalue weighted by Gasteiger charge is 2.09. The molecule has 0 unspecified atom stereocenters. The van der Waals surface area contributed by atoms with Crippen molar-refractivity contribution in [2.45, 2.75) is 33.6 Å². The van der Waals surface area contributed by atoms with E-state index in [0.717, 1.165) is 29.7 Å². The predicted octanol–water partition coefficient (Wildman–Crippen LogP) is 3.28. The lowest BCUT2D eigenvalue weighted by Gasteiger charge is -2.08. The number of amides is 1. The largest absolute Gasteiger partial charge is 0.397 e. The van der Waals surface area contributed by atoms with Gasteiger partial charge in [0, 0.05) is 18.8 Å². The fraction of sp³-hybridized carbons (Fsp3) is 0.263. The average molecular weight is 322 g/mol. The number of aromatic nitrogens is 2. The first-order chi connectivity index (χ1) is 11.4. The number of pyridine rings is 1. The van der Waals surface area contributed by atoms with Gasteiger partial charge in [-0.15, -0.1) is 0 Å². The molecular weight excluding hydrogens is 300 g/mol. The van der Waals surface area contributed by atoms with Crippen LogP contribution in [0.5, 0.6) is 0 Å². The lowest BCUT2D eigenvalue weighted by atomic mass is 10.1. The topological polar surface area (TPSA) is 72.4 Å². The third kappa shape index (κ3) is 3.25. The van der Waals surface area contributed by atoms with Crippen LogP contribution in [-0.2, 0) is 17.6 Å². The summed E-state index contributed by atoms with van der Waals surface area (Å²) < 4.78 is 2.12. The van der Waals surface area contributed by atoms with E-state index in [-0.39, 0.29) is 5.91 Å². The van der Waals surface area contributed by atoms with Gasteiger partial charge in [0.25, 0.3) is 0 Å². The van der Waals surface area contributed by atoms with Gasteiger partial charge in [-0.2, -0.15) is 0 Å². The number of nitrogens with zero attached hydrogens (tertiary/aromatic N) is 2. The van der Waals surface area contributed by atoms with Crippen molar-refractivity contribution in [3.05, 3.63) is 59.0 Å². The molecular formula is C19H22N4O. The first kappa shape index (κ1) is 16.1. The molecule has 0 fully saturated rings. The maximum Gasteiger partial charge on any atom is 0.221 e. The van der Waals surface area contributed by atoms with Crippen LogP contribution in [0.25, 0.3) is 5.65 Å². The van der Waals surface area contributed by atoms with E-state index < -0.39 is 0 Å². The molecule has 0 bridgehead atoms. The molecule has 0 aliphatic rings. The van der Waals surface area contributed by atoms with Gasteiger partial charge in [-0.05, 0) is 62.1 Å². The summed E-state index contributed by atoms with van der Waals surface area (Å²) in [4.78, 5) is 15.9. The highest BCUT2D eigenvalue weighted by atomic mass is 16.1. The fourth-order valence-corrected chi connectivity index (χ4v) is 2.89. The van der Waals surface area contributed by atoms with Crippen molar-refractivity contribution in [3.63, 3.8) is 0 Å². The molecule has 0 radical (unpaired) electrons. The first-order valence-corrected chi connectivity index (χ1v) is 8.04. The summed E-state index contributed by atoms with van der Waals surface area (Å²) >= 11 is 0. The second-order valence-corrected chi connectivity index (χ2v) is 6.18. The molecule has 0 saturated carbocycles. The Morgan fingerprint density at radius 2 is 2.00 bits per heavy atom. The number of imidazole rings is 1. The van der Waals surface area contributed by atoms with Gasteiger partial charge in [-0.3, -0.25) is 4.79 Å². The van der Waals surface area contributed by atoms with Gasteiger partial charge in [0.05, 0.1) is 17.1 Å². The van der Waals surface area contributed by atoms with Crippen LogP contribution in [0.3, 0.4) is 0 Å². The number of aryl methyl sites for hydroxylation is 4. The molecule has 0 saturated heterocycles. The summed E-state index contributed by atoms with van der Waals surface area (Å²) in [5, 5.41) is 2.73. The molecule has 1 aromatic carbocycles. The van der Waals surface area contributed by atoms with Crippen LogP contribution in [0.2, 0.25) is 0 Å². The summed E-state index contributed by atoms with van der Waals surface area (Å²) in [6, 6.07) is 9.95. The number of carbonyl (C=O) groups excluding carboxylic acids is 1. The molecule has 5 heteroatoms. The molecule has 124 valence electrons. The summed E-state index contributed by atoms with van der Waals surface area (Å²) in [5.74, 6) is -0.120. The van der Waals surface area contributed by atoms with Gasteiger partial charge >= 0.3 is 0 Å². The number of anilines is 2. The van der Waals surface area contributed by atoms with Crippen molar-refractivity contribution in [2.24, 2.45) is 0 Å². The monoisotopic (exact) mass is 322 g/mol. The van der Waals surface area contributed by atoms with Crippen molar-refractivity contribution in [3.8, 4) is 0 Å². The molecule has 3 aromatic rings. The minimum Gasteiger partial charge on any atom is -0.397 e. The van der Waals surface area contributed by atoms with Gasteiger partial charge in [0.1, 0.15) is 5.65 Å². The number of nitrogens with one attached hydrogen (secondary N) is 1. The molecule has 2 heterocycles. The second kappa shape index (κ2) is 6.35. The van der Waals surface area contributed by atoms with Crippen molar-refractivity contribution in [1.29, 1.82) is 0 Å². The van der Waals surface area contributed by atoms with Crippen molar-refractivity contribution >= 4 is 22.9 Å². The Morgan fingerprint density at radius 3 is 2.71 bits per heavy atom. The summed E-state index contributed by atoms with van der Waals surface area (Å²) in [6.07, 6.45) is 3.77. The van der Waals surface area contributed by atoms with Crippen molar-refractivity contribution in [1.82, 2.24) is 9.38 Å². The van der Waals surface area contributed by atoms with E-state index in [1.54, 1.807) is 0 Å². The van der Waals surface area contributed by atoms with E-state index in [2.05, 4.69) is 41.9 Å². The van der Waals surface area contributed by atoms with Crippen molar-refractivity contribution < 1.29 is 4.79 Å². The molecule has 0 aliphatic carbocycles. The minimum atomic E-state index is -0.120. The van der Waals surface area contributed by atoms with Crippen molar-refractivity contribution in [2.75, 3.05) is 11.1 Å². The number of hydrogen-bond acceptors (Lipinski definition) is 3. The number of benzene rings is 1. The Hall–Kier alpha value is -2.82. The average Bonchev–Trinajstić information content (AvgIpc) is 2.83. The van der Waals surface area contributed by atoms with E-state index in [9.17, 15) is 4.79 Å². The van der Waals surface area contributed by atoms with Crippen LogP contribution in [0.1, 0.15) is 29.4 Å². The maximum absolute atomic E-state index is 11.1. The molecule has 3 N–H and O–H groups in total. The van der Waals surface area contributed by atoms with Gasteiger partial charge in [0.2, 0.25) is 5.91 Å². The Balaban J connectivity index is 1.77. The van der Waals surface area contributed by atoms with Crippen LogP contribution in [-0.4, -0.2) is 15.3 Å². The highest BCUT2D eigenvalue weighted by molar-refractivity contribution is 5.92. The van der Waals surface area contributed by atoms with Gasteiger partial charge in [-0.1, -0.05) is 6.07 Å². The Morgan fingerprint density at radius 1 is 1.21 bits per heavy atom. The molecule has 5 nitrogen and oxygen atoms in total.